The molecule has 3 N–H and O–H groups in total. The molecule has 0 radical (unpaired) electrons. The maximum Gasteiger partial charge on any atom is 0.328 e. The highest BCUT2D eigenvalue weighted by Gasteiger charge is 2.33. The summed E-state index contributed by atoms with van der Waals surface area (Å²) in [7, 11) is 1.34. The molecule has 2 amide bonds. The summed E-state index contributed by atoms with van der Waals surface area (Å²) in [6.07, 6.45) is 5.82. The second-order valence-electron chi connectivity index (χ2n) is 7.73. The summed E-state index contributed by atoms with van der Waals surface area (Å²) < 4.78 is 4.86. The van der Waals surface area contributed by atoms with Crippen LogP contribution >= 0.6 is 12.4 Å². The van der Waals surface area contributed by atoms with Crippen LogP contribution in [-0.4, -0.2) is 48.4 Å². The molecule has 3 rings (SSSR count). The molecule has 2 fully saturated rings. The molecule has 0 spiro atoms. The van der Waals surface area contributed by atoms with E-state index < -0.39 is 6.04 Å². The number of nitrogens with zero attached hydrogens (tertiary/aromatic N) is 1. The number of likely N-dealkylation sites (tertiary alicyclic amines) is 1. The molecule has 8 heteroatoms. The number of hydrogen-bond donors (Lipinski definition) is 2. The molecule has 1 heterocycles. The number of ether oxygens (including phenoxy) is 1. The average Bonchev–Trinajstić information content (AvgIpc) is 2.72. The Bertz CT molecular complexity index is 742. The summed E-state index contributed by atoms with van der Waals surface area (Å²) in [6.45, 7) is 0.523. The molecule has 1 saturated carbocycles. The molecule has 2 aliphatic rings. The summed E-state index contributed by atoms with van der Waals surface area (Å²) >= 11 is 0. The van der Waals surface area contributed by atoms with Crippen molar-refractivity contribution in [2.45, 2.75) is 57.0 Å². The fraction of sp³-hybridized carbons (Fsp3) is 0.571. The van der Waals surface area contributed by atoms with Crippen molar-refractivity contribution in [3.05, 3.63) is 29.8 Å². The number of piperidine rings is 1. The summed E-state index contributed by atoms with van der Waals surface area (Å²) in [6, 6.07) is 6.42. The van der Waals surface area contributed by atoms with E-state index in [4.69, 9.17) is 10.5 Å². The van der Waals surface area contributed by atoms with Gasteiger partial charge in [-0.3, -0.25) is 9.59 Å². The second kappa shape index (κ2) is 10.6. The van der Waals surface area contributed by atoms with Gasteiger partial charge in [-0.1, -0.05) is 12.5 Å². The predicted molar refractivity (Wildman–Crippen MR) is 113 cm³/mol. The Hall–Kier alpha value is -2.12. The van der Waals surface area contributed by atoms with Crippen molar-refractivity contribution in [3.63, 3.8) is 0 Å². The molecule has 3 atom stereocenters. The maximum atomic E-state index is 13.0. The quantitative estimate of drug-likeness (QED) is 0.725. The number of benzene rings is 1. The van der Waals surface area contributed by atoms with Crippen molar-refractivity contribution in [1.29, 1.82) is 0 Å². The number of hydrogen-bond acceptors (Lipinski definition) is 5. The average molecular weight is 424 g/mol. The molecule has 0 bridgehead atoms. The first-order valence-corrected chi connectivity index (χ1v) is 10.0. The molecule has 160 valence electrons. The number of nitrogens with one attached hydrogen (secondary N) is 1. The number of amides is 2. The van der Waals surface area contributed by atoms with Gasteiger partial charge in [-0.2, -0.15) is 0 Å². The normalized spacial score (nSPS) is 24.2. The molecule has 1 aromatic carbocycles. The third-order valence-corrected chi connectivity index (χ3v) is 5.70. The predicted octanol–water partition coefficient (Wildman–Crippen LogP) is 2.73. The highest BCUT2D eigenvalue weighted by atomic mass is 35.5. The summed E-state index contributed by atoms with van der Waals surface area (Å²) in [4.78, 5) is 39.2. The number of halogens is 1. The van der Waals surface area contributed by atoms with Crippen molar-refractivity contribution in [2.24, 2.45) is 11.7 Å². The number of rotatable bonds is 4. The SMILES string of the molecule is COC(=O)C1CCCCN1C(=O)c1cccc(NC(=O)C2CCCC(N)C2)c1.Cl. The third kappa shape index (κ3) is 5.70. The summed E-state index contributed by atoms with van der Waals surface area (Å²) in [5, 5.41) is 2.92. The topological polar surface area (TPSA) is 102 Å². The van der Waals surface area contributed by atoms with Crippen LogP contribution in [0.2, 0.25) is 0 Å². The first kappa shape index (κ1) is 23.2. The minimum absolute atomic E-state index is 0. The van der Waals surface area contributed by atoms with Gasteiger partial charge in [0.25, 0.3) is 5.91 Å². The fourth-order valence-electron chi connectivity index (χ4n) is 4.16. The van der Waals surface area contributed by atoms with Crippen molar-refractivity contribution >= 4 is 35.9 Å². The maximum absolute atomic E-state index is 13.0. The molecule has 29 heavy (non-hydrogen) atoms. The van der Waals surface area contributed by atoms with E-state index >= 15 is 0 Å². The van der Waals surface area contributed by atoms with Gasteiger partial charge in [-0.25, -0.2) is 4.79 Å². The lowest BCUT2D eigenvalue weighted by atomic mass is 9.85. The van der Waals surface area contributed by atoms with Crippen LogP contribution in [-0.2, 0) is 14.3 Å². The number of methoxy groups -OCH3 is 1. The van der Waals surface area contributed by atoms with Crippen LogP contribution in [0.5, 0.6) is 0 Å². The van der Waals surface area contributed by atoms with Crippen LogP contribution < -0.4 is 11.1 Å². The Morgan fingerprint density at radius 2 is 1.93 bits per heavy atom. The number of nitrogens with two attached hydrogens (primary N) is 1. The van der Waals surface area contributed by atoms with E-state index in [1.54, 1.807) is 29.2 Å². The number of anilines is 1. The van der Waals surface area contributed by atoms with Gasteiger partial charge in [-0.05, 0) is 56.7 Å². The Morgan fingerprint density at radius 1 is 1.14 bits per heavy atom. The minimum atomic E-state index is -0.548. The van der Waals surface area contributed by atoms with Crippen LogP contribution in [0.25, 0.3) is 0 Å². The van der Waals surface area contributed by atoms with E-state index in [0.29, 0.717) is 30.6 Å². The standard InChI is InChI=1S/C21H29N3O4.ClH/c1-28-21(27)18-10-2-3-11-24(18)20(26)15-7-5-9-17(13-15)23-19(25)14-6-4-8-16(22)12-14;/h5,7,9,13-14,16,18H,2-4,6,8,10-12,22H2,1H3,(H,23,25);1H. The van der Waals surface area contributed by atoms with Gasteiger partial charge in [0.2, 0.25) is 5.91 Å². The summed E-state index contributed by atoms with van der Waals surface area (Å²) in [5.74, 6) is -0.740. The van der Waals surface area contributed by atoms with Crippen LogP contribution in [0, 0.1) is 5.92 Å². The van der Waals surface area contributed by atoms with Crippen LogP contribution in [0.1, 0.15) is 55.3 Å². The fourth-order valence-corrected chi connectivity index (χ4v) is 4.16. The first-order valence-electron chi connectivity index (χ1n) is 10.0. The zero-order chi connectivity index (χ0) is 20.1. The van der Waals surface area contributed by atoms with Crippen molar-refractivity contribution < 1.29 is 19.1 Å². The Kier molecular flexibility index (Phi) is 8.46. The Balaban J connectivity index is 0.00000300. The highest BCUT2D eigenvalue weighted by molar-refractivity contribution is 5.99. The molecule has 1 saturated heterocycles. The lowest BCUT2D eigenvalue weighted by Crippen LogP contribution is -2.48. The van der Waals surface area contributed by atoms with E-state index in [-0.39, 0.29) is 42.2 Å². The molecule has 0 aromatic heterocycles. The Morgan fingerprint density at radius 3 is 2.66 bits per heavy atom. The van der Waals surface area contributed by atoms with Crippen LogP contribution in [0.4, 0.5) is 5.69 Å². The lowest BCUT2D eigenvalue weighted by molar-refractivity contribution is -0.147. The molecular weight excluding hydrogens is 394 g/mol. The van der Waals surface area contributed by atoms with Crippen LogP contribution in [0.3, 0.4) is 0 Å². The minimum Gasteiger partial charge on any atom is -0.467 e. The molecule has 3 unspecified atom stereocenters. The van der Waals surface area contributed by atoms with Gasteiger partial charge in [-0.15, -0.1) is 12.4 Å². The monoisotopic (exact) mass is 423 g/mol. The molecular formula is C21H30ClN3O4. The zero-order valence-electron chi connectivity index (χ0n) is 16.8. The van der Waals surface area contributed by atoms with Gasteiger partial charge in [0.15, 0.2) is 0 Å². The van der Waals surface area contributed by atoms with Gasteiger partial charge in [0, 0.05) is 29.8 Å². The molecule has 1 aromatic rings. The van der Waals surface area contributed by atoms with Crippen molar-refractivity contribution in [2.75, 3.05) is 19.0 Å². The first-order chi connectivity index (χ1) is 13.5. The van der Waals surface area contributed by atoms with E-state index in [1.807, 2.05) is 0 Å². The Labute approximate surface area is 177 Å². The van der Waals surface area contributed by atoms with E-state index in [1.165, 1.54) is 7.11 Å². The lowest BCUT2D eigenvalue weighted by Gasteiger charge is -2.33. The van der Waals surface area contributed by atoms with Crippen molar-refractivity contribution in [3.8, 4) is 0 Å². The van der Waals surface area contributed by atoms with E-state index in [2.05, 4.69) is 5.32 Å². The third-order valence-electron chi connectivity index (χ3n) is 5.70. The van der Waals surface area contributed by atoms with Gasteiger partial charge < -0.3 is 20.7 Å². The van der Waals surface area contributed by atoms with E-state index in [9.17, 15) is 14.4 Å². The second-order valence-corrected chi connectivity index (χ2v) is 7.73. The summed E-state index contributed by atoms with van der Waals surface area (Å²) in [5.41, 5.74) is 7.02. The highest BCUT2D eigenvalue weighted by Crippen LogP contribution is 2.25. The largest absolute Gasteiger partial charge is 0.467 e. The van der Waals surface area contributed by atoms with Gasteiger partial charge >= 0.3 is 5.97 Å². The molecule has 1 aliphatic carbocycles. The van der Waals surface area contributed by atoms with Gasteiger partial charge in [0.05, 0.1) is 7.11 Å². The van der Waals surface area contributed by atoms with E-state index in [0.717, 1.165) is 32.1 Å². The molecule has 7 nitrogen and oxygen atoms in total. The number of carbonyl (C=O) groups excluding carboxylic acids is 3. The smallest absolute Gasteiger partial charge is 0.328 e. The zero-order valence-corrected chi connectivity index (χ0v) is 17.6. The van der Waals surface area contributed by atoms with Gasteiger partial charge in [0.1, 0.15) is 6.04 Å². The van der Waals surface area contributed by atoms with Crippen molar-refractivity contribution in [1.82, 2.24) is 4.90 Å². The van der Waals surface area contributed by atoms with Crippen LogP contribution in [0.15, 0.2) is 24.3 Å². The number of esters is 1. The number of carbonyl (C=O) groups is 3. The molecule has 1 aliphatic heterocycles.